The van der Waals surface area contributed by atoms with E-state index in [4.69, 9.17) is 16.3 Å². The van der Waals surface area contributed by atoms with Gasteiger partial charge in [-0.15, -0.1) is 16.8 Å². The Bertz CT molecular complexity index is 1040. The van der Waals surface area contributed by atoms with Crippen LogP contribution in [0.4, 0.5) is 0 Å². The number of methoxy groups -OCH3 is 1. The summed E-state index contributed by atoms with van der Waals surface area (Å²) in [6, 6.07) is 15.1. The molecular weight excluding hydrogens is 420 g/mol. The molecule has 0 aliphatic rings. The van der Waals surface area contributed by atoms with Crippen LogP contribution in [-0.4, -0.2) is 33.0 Å². The average molecular weight is 443 g/mol. The van der Waals surface area contributed by atoms with E-state index in [0.29, 0.717) is 34.8 Å². The van der Waals surface area contributed by atoms with Crippen molar-refractivity contribution in [2.45, 2.75) is 30.4 Å². The number of carbonyl (C=O) groups is 1. The predicted octanol–water partition coefficient (Wildman–Crippen LogP) is 4.59. The van der Waals surface area contributed by atoms with Crippen molar-refractivity contribution in [3.63, 3.8) is 0 Å². The number of para-hydroxylation sites is 1. The first kappa shape index (κ1) is 21.9. The summed E-state index contributed by atoms with van der Waals surface area (Å²) in [5.74, 6) is 1.27. The molecule has 3 rings (SSSR count). The first-order valence-electron chi connectivity index (χ1n) is 9.40. The molecule has 0 spiro atoms. The van der Waals surface area contributed by atoms with Crippen LogP contribution in [0.5, 0.6) is 5.75 Å². The minimum Gasteiger partial charge on any atom is -0.496 e. The predicted molar refractivity (Wildman–Crippen MR) is 121 cm³/mol. The van der Waals surface area contributed by atoms with Crippen LogP contribution < -0.4 is 10.1 Å². The van der Waals surface area contributed by atoms with Crippen LogP contribution in [0.1, 0.15) is 12.5 Å². The monoisotopic (exact) mass is 442 g/mol. The number of hydrogen-bond donors (Lipinski definition) is 1. The molecule has 0 aliphatic carbocycles. The summed E-state index contributed by atoms with van der Waals surface area (Å²) in [6.07, 6.45) is 1.77. The Morgan fingerprint density at radius 1 is 1.27 bits per heavy atom. The smallest absolute Gasteiger partial charge is 0.233 e. The molecule has 0 radical (unpaired) electrons. The highest BCUT2D eigenvalue weighted by Gasteiger charge is 2.21. The standard InChI is InChI=1S/C22H23ClN4O2S/c1-4-13-27-20(17-10-6-8-12-19(17)29-3)25-26-22(27)30-15(2)21(28)24-14-16-9-5-7-11-18(16)23/h4-12,15H,1,13-14H2,2-3H3,(H,24,28). The fourth-order valence-corrected chi connectivity index (χ4v) is 3.96. The number of hydrogen-bond acceptors (Lipinski definition) is 5. The third kappa shape index (κ3) is 5.04. The maximum atomic E-state index is 12.6. The van der Waals surface area contributed by atoms with Crippen LogP contribution in [0, 0.1) is 0 Å². The van der Waals surface area contributed by atoms with Crippen molar-refractivity contribution in [2.24, 2.45) is 0 Å². The number of carbonyl (C=O) groups excluding carboxylic acids is 1. The second-order valence-corrected chi connectivity index (χ2v) is 8.19. The molecule has 0 saturated heterocycles. The molecule has 1 atom stereocenters. The minimum absolute atomic E-state index is 0.105. The number of aromatic nitrogens is 3. The molecule has 8 heteroatoms. The van der Waals surface area contributed by atoms with E-state index < -0.39 is 0 Å². The molecule has 1 unspecified atom stereocenters. The molecule has 2 aromatic carbocycles. The van der Waals surface area contributed by atoms with Crippen molar-refractivity contribution >= 4 is 29.3 Å². The highest BCUT2D eigenvalue weighted by atomic mass is 35.5. The summed E-state index contributed by atoms with van der Waals surface area (Å²) >= 11 is 7.50. The van der Waals surface area contributed by atoms with E-state index in [-0.39, 0.29) is 11.2 Å². The molecule has 0 bridgehead atoms. The summed E-state index contributed by atoms with van der Waals surface area (Å²) in [4.78, 5) is 12.6. The maximum absolute atomic E-state index is 12.6. The van der Waals surface area contributed by atoms with E-state index in [9.17, 15) is 4.79 Å². The SMILES string of the molecule is C=CCn1c(SC(C)C(=O)NCc2ccccc2Cl)nnc1-c1ccccc1OC. The number of rotatable bonds is 9. The Hall–Kier alpha value is -2.77. The molecule has 30 heavy (non-hydrogen) atoms. The van der Waals surface area contributed by atoms with Gasteiger partial charge in [-0.25, -0.2) is 0 Å². The third-order valence-corrected chi connectivity index (χ3v) is 5.89. The van der Waals surface area contributed by atoms with E-state index in [2.05, 4.69) is 22.1 Å². The first-order valence-corrected chi connectivity index (χ1v) is 10.7. The number of benzene rings is 2. The zero-order valence-corrected chi connectivity index (χ0v) is 18.4. The maximum Gasteiger partial charge on any atom is 0.233 e. The van der Waals surface area contributed by atoms with Gasteiger partial charge in [0, 0.05) is 18.1 Å². The van der Waals surface area contributed by atoms with Gasteiger partial charge >= 0.3 is 0 Å². The van der Waals surface area contributed by atoms with Crippen LogP contribution in [0.25, 0.3) is 11.4 Å². The van der Waals surface area contributed by atoms with Gasteiger partial charge in [0.15, 0.2) is 11.0 Å². The zero-order valence-electron chi connectivity index (χ0n) is 16.8. The summed E-state index contributed by atoms with van der Waals surface area (Å²) in [6.45, 7) is 6.55. The number of nitrogens with one attached hydrogen (secondary N) is 1. The molecule has 3 aromatic rings. The Morgan fingerprint density at radius 2 is 2.00 bits per heavy atom. The van der Waals surface area contributed by atoms with Gasteiger partial charge in [0.25, 0.3) is 0 Å². The number of thioether (sulfide) groups is 1. The second kappa shape index (κ2) is 10.3. The summed E-state index contributed by atoms with van der Waals surface area (Å²) in [7, 11) is 1.62. The molecular formula is C22H23ClN4O2S. The number of nitrogens with zero attached hydrogens (tertiary/aromatic N) is 3. The fourth-order valence-electron chi connectivity index (χ4n) is 2.88. The van der Waals surface area contributed by atoms with Crippen LogP contribution in [0.3, 0.4) is 0 Å². The Morgan fingerprint density at radius 3 is 2.73 bits per heavy atom. The van der Waals surface area contributed by atoms with E-state index in [0.717, 1.165) is 11.1 Å². The van der Waals surface area contributed by atoms with Crippen molar-refractivity contribution in [3.8, 4) is 17.1 Å². The number of ether oxygens (including phenoxy) is 1. The second-order valence-electron chi connectivity index (χ2n) is 6.48. The fraction of sp³-hybridized carbons (Fsp3) is 0.227. The van der Waals surface area contributed by atoms with Gasteiger partial charge in [-0.2, -0.15) is 0 Å². The Kier molecular flexibility index (Phi) is 7.54. The Labute approximate surface area is 185 Å². The van der Waals surface area contributed by atoms with Crippen molar-refractivity contribution in [3.05, 3.63) is 71.8 Å². The number of halogens is 1. The first-order chi connectivity index (χ1) is 14.5. The summed E-state index contributed by atoms with van der Waals surface area (Å²) < 4.78 is 7.38. The molecule has 0 saturated carbocycles. The van der Waals surface area contributed by atoms with Crippen LogP contribution >= 0.6 is 23.4 Å². The largest absolute Gasteiger partial charge is 0.496 e. The van der Waals surface area contributed by atoms with Gasteiger partial charge in [0.05, 0.1) is 17.9 Å². The van der Waals surface area contributed by atoms with Crippen molar-refractivity contribution < 1.29 is 9.53 Å². The van der Waals surface area contributed by atoms with Gasteiger partial charge in [0.2, 0.25) is 5.91 Å². The summed E-state index contributed by atoms with van der Waals surface area (Å²) in [5.41, 5.74) is 1.70. The molecule has 1 heterocycles. The lowest BCUT2D eigenvalue weighted by Crippen LogP contribution is -2.30. The van der Waals surface area contributed by atoms with Crippen LogP contribution in [-0.2, 0) is 17.9 Å². The van der Waals surface area contributed by atoms with Crippen molar-refractivity contribution in [2.75, 3.05) is 7.11 Å². The minimum atomic E-state index is -0.370. The number of amides is 1. The lowest BCUT2D eigenvalue weighted by atomic mass is 10.2. The topological polar surface area (TPSA) is 69.0 Å². The van der Waals surface area contributed by atoms with Crippen LogP contribution in [0.15, 0.2) is 66.3 Å². The number of allylic oxidation sites excluding steroid dienone is 1. The normalized spacial score (nSPS) is 11.7. The van der Waals surface area contributed by atoms with Crippen molar-refractivity contribution in [1.29, 1.82) is 0 Å². The molecule has 1 N–H and O–H groups in total. The highest BCUT2D eigenvalue weighted by Crippen LogP contribution is 2.32. The van der Waals surface area contributed by atoms with Crippen molar-refractivity contribution in [1.82, 2.24) is 20.1 Å². The molecule has 1 aromatic heterocycles. The lowest BCUT2D eigenvalue weighted by molar-refractivity contribution is -0.120. The third-order valence-electron chi connectivity index (χ3n) is 4.44. The van der Waals surface area contributed by atoms with Gasteiger partial charge in [-0.1, -0.05) is 59.8 Å². The molecule has 156 valence electrons. The molecule has 1 amide bonds. The molecule has 0 fully saturated rings. The van der Waals surface area contributed by atoms with Gasteiger partial charge in [-0.05, 0) is 30.7 Å². The summed E-state index contributed by atoms with van der Waals surface area (Å²) in [5, 5.41) is 12.5. The molecule has 6 nitrogen and oxygen atoms in total. The van der Waals surface area contributed by atoms with E-state index in [1.165, 1.54) is 11.8 Å². The van der Waals surface area contributed by atoms with Gasteiger partial charge in [-0.3, -0.25) is 9.36 Å². The van der Waals surface area contributed by atoms with E-state index in [1.807, 2.05) is 54.0 Å². The lowest BCUT2D eigenvalue weighted by Gasteiger charge is -2.14. The van der Waals surface area contributed by atoms with Crippen LogP contribution in [0.2, 0.25) is 5.02 Å². The van der Waals surface area contributed by atoms with E-state index in [1.54, 1.807) is 19.3 Å². The van der Waals surface area contributed by atoms with Gasteiger partial charge < -0.3 is 10.1 Å². The average Bonchev–Trinajstić information content (AvgIpc) is 3.15. The Balaban J connectivity index is 1.75. The van der Waals surface area contributed by atoms with E-state index >= 15 is 0 Å². The zero-order chi connectivity index (χ0) is 21.5. The quantitative estimate of drug-likeness (QED) is 0.387. The molecule has 0 aliphatic heterocycles. The highest BCUT2D eigenvalue weighted by molar-refractivity contribution is 8.00. The van der Waals surface area contributed by atoms with Gasteiger partial charge in [0.1, 0.15) is 5.75 Å².